The summed E-state index contributed by atoms with van der Waals surface area (Å²) in [6, 6.07) is 10.1. The molecule has 112 valence electrons. The second-order valence-corrected chi connectivity index (χ2v) is 5.26. The molecule has 0 saturated heterocycles. The zero-order chi connectivity index (χ0) is 15.4. The van der Waals surface area contributed by atoms with Crippen molar-refractivity contribution in [2.24, 2.45) is 0 Å². The average Bonchev–Trinajstić information content (AvgIpc) is 2.46. The number of pyridine rings is 1. The monoisotopic (exact) mass is 285 g/mol. The van der Waals surface area contributed by atoms with E-state index in [0.717, 1.165) is 17.9 Å². The summed E-state index contributed by atoms with van der Waals surface area (Å²) in [6.45, 7) is 6.87. The van der Waals surface area contributed by atoms with E-state index in [0.29, 0.717) is 18.2 Å². The molecule has 2 N–H and O–H groups in total. The van der Waals surface area contributed by atoms with Crippen LogP contribution < -0.4 is 15.4 Å². The van der Waals surface area contributed by atoms with Crippen molar-refractivity contribution in [1.29, 1.82) is 0 Å². The van der Waals surface area contributed by atoms with Gasteiger partial charge in [0.05, 0.1) is 12.3 Å². The van der Waals surface area contributed by atoms with E-state index in [1.54, 1.807) is 0 Å². The molecular formula is C17H23N3O. The van der Waals surface area contributed by atoms with Gasteiger partial charge in [0.25, 0.3) is 0 Å². The Labute approximate surface area is 126 Å². The number of hydrogen-bond donors (Lipinski definition) is 1. The van der Waals surface area contributed by atoms with E-state index in [4.69, 9.17) is 10.5 Å². The fourth-order valence-corrected chi connectivity index (χ4v) is 2.25. The molecule has 4 heteroatoms. The Hall–Kier alpha value is -2.23. The molecule has 2 aromatic rings. The Morgan fingerprint density at radius 1 is 1.19 bits per heavy atom. The molecule has 4 nitrogen and oxygen atoms in total. The molecule has 2 rings (SSSR count). The quantitative estimate of drug-likeness (QED) is 0.907. The Morgan fingerprint density at radius 3 is 2.62 bits per heavy atom. The summed E-state index contributed by atoms with van der Waals surface area (Å²) < 4.78 is 5.60. The van der Waals surface area contributed by atoms with Gasteiger partial charge in [-0.05, 0) is 44.0 Å². The summed E-state index contributed by atoms with van der Waals surface area (Å²) in [5.74, 6) is 1.33. The third kappa shape index (κ3) is 3.45. The third-order valence-electron chi connectivity index (χ3n) is 3.38. The van der Waals surface area contributed by atoms with E-state index in [9.17, 15) is 0 Å². The number of nitrogens with two attached hydrogens (primary N) is 1. The highest BCUT2D eigenvalue weighted by molar-refractivity contribution is 5.65. The maximum atomic E-state index is 5.91. The summed E-state index contributed by atoms with van der Waals surface area (Å²) in [5.41, 5.74) is 10.1. The van der Waals surface area contributed by atoms with Gasteiger partial charge >= 0.3 is 0 Å². The summed E-state index contributed by atoms with van der Waals surface area (Å²) in [6.07, 6.45) is 0.929. The van der Waals surface area contributed by atoms with Crippen LogP contribution in [0.25, 0.3) is 0 Å². The molecule has 0 fully saturated rings. The first-order chi connectivity index (χ1) is 10.0. The van der Waals surface area contributed by atoms with Gasteiger partial charge in [-0.25, -0.2) is 0 Å². The number of hydrogen-bond acceptors (Lipinski definition) is 4. The molecule has 0 bridgehead atoms. The zero-order valence-corrected chi connectivity index (χ0v) is 13.2. The van der Waals surface area contributed by atoms with Crippen molar-refractivity contribution in [3.63, 3.8) is 0 Å². The molecule has 0 spiro atoms. The minimum absolute atomic E-state index is 0.506. The summed E-state index contributed by atoms with van der Waals surface area (Å²) in [5, 5.41) is 0. The molecule has 1 aromatic carbocycles. The lowest BCUT2D eigenvalue weighted by Gasteiger charge is -2.21. The topological polar surface area (TPSA) is 51.4 Å². The van der Waals surface area contributed by atoms with Crippen molar-refractivity contribution < 1.29 is 4.74 Å². The van der Waals surface area contributed by atoms with Crippen LogP contribution in [0.3, 0.4) is 0 Å². The number of aryl methyl sites for hydroxylation is 2. The van der Waals surface area contributed by atoms with Crippen LogP contribution in [0.5, 0.6) is 5.88 Å². The Morgan fingerprint density at radius 2 is 1.95 bits per heavy atom. The van der Waals surface area contributed by atoms with Crippen LogP contribution >= 0.6 is 0 Å². The van der Waals surface area contributed by atoms with Gasteiger partial charge in [0.15, 0.2) is 0 Å². The number of ether oxygens (including phenoxy) is 1. The number of rotatable bonds is 5. The van der Waals surface area contributed by atoms with Crippen molar-refractivity contribution in [2.45, 2.75) is 27.2 Å². The van der Waals surface area contributed by atoms with Crippen molar-refractivity contribution in [2.75, 3.05) is 24.3 Å². The number of benzene rings is 1. The van der Waals surface area contributed by atoms with E-state index in [1.165, 1.54) is 11.1 Å². The first-order valence-electron chi connectivity index (χ1n) is 7.23. The van der Waals surface area contributed by atoms with Gasteiger partial charge in [-0.1, -0.05) is 24.6 Å². The molecule has 1 heterocycles. The van der Waals surface area contributed by atoms with E-state index >= 15 is 0 Å². The van der Waals surface area contributed by atoms with Crippen molar-refractivity contribution in [3.05, 3.63) is 41.5 Å². The molecule has 0 aliphatic heterocycles. The molecule has 21 heavy (non-hydrogen) atoms. The van der Waals surface area contributed by atoms with Gasteiger partial charge in [-0.15, -0.1) is 0 Å². The molecule has 0 aliphatic rings. The molecule has 0 atom stereocenters. The number of nitrogen functional groups attached to an aromatic ring is 1. The number of nitrogens with zero attached hydrogens (tertiary/aromatic N) is 2. The van der Waals surface area contributed by atoms with Crippen molar-refractivity contribution >= 4 is 17.2 Å². The van der Waals surface area contributed by atoms with Crippen molar-refractivity contribution in [1.82, 2.24) is 4.98 Å². The van der Waals surface area contributed by atoms with Crippen LogP contribution in [0.2, 0.25) is 0 Å². The maximum absolute atomic E-state index is 5.91. The minimum atomic E-state index is 0.506. The van der Waals surface area contributed by atoms with E-state index in [2.05, 4.69) is 44.0 Å². The lowest BCUT2D eigenvalue weighted by molar-refractivity contribution is 0.307. The standard InChI is InChI=1S/C17H23N3O/c1-5-10-21-17-14(18)7-9-16(19-17)20(4)15-8-6-12(2)11-13(15)3/h6-9,11H,5,10,18H2,1-4H3. The summed E-state index contributed by atoms with van der Waals surface area (Å²) >= 11 is 0. The SMILES string of the molecule is CCCOc1nc(N(C)c2ccc(C)cc2C)ccc1N. The third-order valence-corrected chi connectivity index (χ3v) is 3.38. The minimum Gasteiger partial charge on any atom is -0.476 e. The Balaban J connectivity index is 2.32. The molecule has 0 unspecified atom stereocenters. The van der Waals surface area contributed by atoms with Crippen LogP contribution in [0.1, 0.15) is 24.5 Å². The van der Waals surface area contributed by atoms with Gasteiger partial charge in [0, 0.05) is 12.7 Å². The fourth-order valence-electron chi connectivity index (χ4n) is 2.25. The Bertz CT molecular complexity index is 625. The molecule has 0 aliphatic carbocycles. The zero-order valence-electron chi connectivity index (χ0n) is 13.2. The van der Waals surface area contributed by atoms with Gasteiger partial charge < -0.3 is 15.4 Å². The molecule has 1 aromatic heterocycles. The highest BCUT2D eigenvalue weighted by Crippen LogP contribution is 2.29. The molecule has 0 amide bonds. The van der Waals surface area contributed by atoms with Crippen LogP contribution in [0.4, 0.5) is 17.2 Å². The van der Waals surface area contributed by atoms with Gasteiger partial charge in [0.1, 0.15) is 5.82 Å². The van der Waals surface area contributed by atoms with E-state index in [-0.39, 0.29) is 0 Å². The second-order valence-electron chi connectivity index (χ2n) is 5.26. The predicted molar refractivity (Wildman–Crippen MR) is 88.4 cm³/mol. The highest BCUT2D eigenvalue weighted by atomic mass is 16.5. The lowest BCUT2D eigenvalue weighted by atomic mass is 10.1. The second kappa shape index (κ2) is 6.48. The van der Waals surface area contributed by atoms with E-state index < -0.39 is 0 Å². The smallest absolute Gasteiger partial charge is 0.239 e. The largest absolute Gasteiger partial charge is 0.476 e. The van der Waals surface area contributed by atoms with Crippen LogP contribution in [-0.2, 0) is 0 Å². The normalized spacial score (nSPS) is 10.5. The fraction of sp³-hybridized carbons (Fsp3) is 0.353. The van der Waals surface area contributed by atoms with Crippen LogP contribution in [0, 0.1) is 13.8 Å². The van der Waals surface area contributed by atoms with Crippen LogP contribution in [-0.4, -0.2) is 18.6 Å². The first kappa shape index (κ1) is 15.2. The number of anilines is 3. The highest BCUT2D eigenvalue weighted by Gasteiger charge is 2.11. The average molecular weight is 285 g/mol. The van der Waals surface area contributed by atoms with Gasteiger partial charge in [-0.3, -0.25) is 0 Å². The van der Waals surface area contributed by atoms with Crippen LogP contribution in [0.15, 0.2) is 30.3 Å². The first-order valence-corrected chi connectivity index (χ1v) is 7.23. The maximum Gasteiger partial charge on any atom is 0.239 e. The van der Waals surface area contributed by atoms with Gasteiger partial charge in [-0.2, -0.15) is 4.98 Å². The lowest BCUT2D eigenvalue weighted by Crippen LogP contribution is -2.13. The summed E-state index contributed by atoms with van der Waals surface area (Å²) in [4.78, 5) is 6.58. The van der Waals surface area contributed by atoms with Crippen molar-refractivity contribution in [3.8, 4) is 5.88 Å². The van der Waals surface area contributed by atoms with Gasteiger partial charge in [0.2, 0.25) is 5.88 Å². The Kier molecular flexibility index (Phi) is 4.68. The van der Waals surface area contributed by atoms with E-state index in [1.807, 2.05) is 24.1 Å². The molecule has 0 radical (unpaired) electrons. The summed E-state index contributed by atoms with van der Waals surface area (Å²) in [7, 11) is 2.00. The molecule has 0 saturated carbocycles. The number of aromatic nitrogens is 1. The molecular weight excluding hydrogens is 262 g/mol. The predicted octanol–water partition coefficient (Wildman–Crippen LogP) is 3.84.